The van der Waals surface area contributed by atoms with Gasteiger partial charge in [0.05, 0.1) is 12.0 Å². The van der Waals surface area contributed by atoms with Gasteiger partial charge in [-0.1, -0.05) is 0 Å². The van der Waals surface area contributed by atoms with Crippen LogP contribution in [0.25, 0.3) is 0 Å². The fourth-order valence-corrected chi connectivity index (χ4v) is 3.95. The highest BCUT2D eigenvalue weighted by Gasteiger charge is 2.28. The SMILES string of the molecule is COc1ccc(S(=O)(=O)N2CCN(c3ccncn3)CC2)cc1. The van der Waals surface area contributed by atoms with Crippen LogP contribution < -0.4 is 9.64 Å². The van der Waals surface area contributed by atoms with E-state index < -0.39 is 10.0 Å². The Balaban J connectivity index is 1.70. The second kappa shape index (κ2) is 6.51. The van der Waals surface area contributed by atoms with Crippen molar-refractivity contribution in [3.63, 3.8) is 0 Å². The molecule has 0 spiro atoms. The van der Waals surface area contributed by atoms with Crippen molar-refractivity contribution >= 4 is 15.8 Å². The van der Waals surface area contributed by atoms with E-state index in [1.54, 1.807) is 37.6 Å². The van der Waals surface area contributed by atoms with Crippen molar-refractivity contribution in [1.82, 2.24) is 14.3 Å². The number of anilines is 1. The number of ether oxygens (including phenoxy) is 1. The number of nitrogens with zero attached hydrogens (tertiary/aromatic N) is 4. The second-order valence-electron chi connectivity index (χ2n) is 5.13. The highest BCUT2D eigenvalue weighted by atomic mass is 32.2. The summed E-state index contributed by atoms with van der Waals surface area (Å²) in [5.41, 5.74) is 0. The summed E-state index contributed by atoms with van der Waals surface area (Å²) >= 11 is 0. The van der Waals surface area contributed by atoms with Gasteiger partial charge in [0, 0.05) is 32.4 Å². The van der Waals surface area contributed by atoms with Gasteiger partial charge in [-0.3, -0.25) is 0 Å². The van der Waals surface area contributed by atoms with Gasteiger partial charge in [-0.25, -0.2) is 18.4 Å². The standard InChI is InChI=1S/C15H18N4O3S/c1-22-13-2-4-14(5-3-13)23(20,21)19-10-8-18(9-11-19)15-6-7-16-12-17-15/h2-7,12H,8-11H2,1H3. The summed E-state index contributed by atoms with van der Waals surface area (Å²) in [6.07, 6.45) is 3.18. The first-order valence-electron chi connectivity index (χ1n) is 7.26. The normalized spacial score (nSPS) is 16.3. The van der Waals surface area contributed by atoms with Gasteiger partial charge in [0.2, 0.25) is 10.0 Å². The number of piperazine rings is 1. The third-order valence-electron chi connectivity index (χ3n) is 3.83. The van der Waals surface area contributed by atoms with E-state index in [1.807, 2.05) is 6.07 Å². The molecule has 0 bridgehead atoms. The minimum atomic E-state index is -3.47. The minimum Gasteiger partial charge on any atom is -0.497 e. The van der Waals surface area contributed by atoms with Crippen molar-refractivity contribution < 1.29 is 13.2 Å². The monoisotopic (exact) mass is 334 g/mol. The smallest absolute Gasteiger partial charge is 0.243 e. The van der Waals surface area contributed by atoms with Crippen LogP contribution in [0.4, 0.5) is 5.82 Å². The maximum atomic E-state index is 12.7. The molecule has 0 aliphatic carbocycles. The maximum Gasteiger partial charge on any atom is 0.243 e. The molecule has 2 aromatic rings. The number of methoxy groups -OCH3 is 1. The Hall–Kier alpha value is -2.19. The summed E-state index contributed by atoms with van der Waals surface area (Å²) in [5, 5.41) is 0. The molecule has 7 nitrogen and oxygen atoms in total. The first-order chi connectivity index (χ1) is 11.1. The molecule has 0 atom stereocenters. The van der Waals surface area contributed by atoms with Crippen LogP contribution in [0.2, 0.25) is 0 Å². The summed E-state index contributed by atoms with van der Waals surface area (Å²) in [5.74, 6) is 1.46. The summed E-state index contributed by atoms with van der Waals surface area (Å²) in [7, 11) is -1.92. The van der Waals surface area contributed by atoms with Gasteiger partial charge in [-0.15, -0.1) is 0 Å². The molecule has 0 unspecified atom stereocenters. The zero-order chi connectivity index (χ0) is 16.3. The molecule has 1 aromatic carbocycles. The fraction of sp³-hybridized carbons (Fsp3) is 0.333. The van der Waals surface area contributed by atoms with Crippen LogP contribution in [0, 0.1) is 0 Å². The van der Waals surface area contributed by atoms with E-state index >= 15 is 0 Å². The number of hydrogen-bond acceptors (Lipinski definition) is 6. The van der Waals surface area contributed by atoms with Gasteiger partial charge in [0.25, 0.3) is 0 Å². The Labute approximate surface area is 135 Å². The Kier molecular flexibility index (Phi) is 4.44. The molecular formula is C15H18N4O3S. The largest absolute Gasteiger partial charge is 0.497 e. The molecule has 8 heteroatoms. The van der Waals surface area contributed by atoms with E-state index in [4.69, 9.17) is 4.74 Å². The van der Waals surface area contributed by atoms with E-state index in [-0.39, 0.29) is 4.90 Å². The van der Waals surface area contributed by atoms with E-state index in [0.29, 0.717) is 31.9 Å². The predicted octanol–water partition coefficient (Wildman–Crippen LogP) is 0.996. The van der Waals surface area contributed by atoms with Crippen molar-refractivity contribution in [3.8, 4) is 5.75 Å². The van der Waals surface area contributed by atoms with Gasteiger partial charge in [0.1, 0.15) is 17.9 Å². The number of benzene rings is 1. The lowest BCUT2D eigenvalue weighted by atomic mass is 10.3. The molecule has 0 amide bonds. The van der Waals surface area contributed by atoms with Crippen LogP contribution in [0.15, 0.2) is 47.8 Å². The summed E-state index contributed by atoms with van der Waals surface area (Å²) < 4.78 is 31.9. The van der Waals surface area contributed by atoms with Gasteiger partial charge in [-0.05, 0) is 30.3 Å². The molecule has 0 radical (unpaired) electrons. The molecule has 1 fully saturated rings. The van der Waals surface area contributed by atoms with Crippen molar-refractivity contribution in [2.24, 2.45) is 0 Å². The first-order valence-corrected chi connectivity index (χ1v) is 8.70. The quantitative estimate of drug-likeness (QED) is 0.830. The van der Waals surface area contributed by atoms with Crippen LogP contribution >= 0.6 is 0 Å². The van der Waals surface area contributed by atoms with Crippen LogP contribution in [0.3, 0.4) is 0 Å². The molecule has 1 aliphatic rings. The van der Waals surface area contributed by atoms with Crippen LogP contribution in [0.1, 0.15) is 0 Å². The van der Waals surface area contributed by atoms with Crippen LogP contribution in [-0.2, 0) is 10.0 Å². The van der Waals surface area contributed by atoms with Gasteiger partial charge in [0.15, 0.2) is 0 Å². The number of aromatic nitrogens is 2. The highest BCUT2D eigenvalue weighted by Crippen LogP contribution is 2.21. The zero-order valence-corrected chi connectivity index (χ0v) is 13.6. The molecular weight excluding hydrogens is 316 g/mol. The van der Waals surface area contributed by atoms with Crippen molar-refractivity contribution in [2.45, 2.75) is 4.90 Å². The van der Waals surface area contributed by atoms with Crippen LogP contribution in [-0.4, -0.2) is 56.0 Å². The van der Waals surface area contributed by atoms with E-state index in [9.17, 15) is 8.42 Å². The molecule has 1 aliphatic heterocycles. The lowest BCUT2D eigenvalue weighted by Crippen LogP contribution is -2.48. The lowest BCUT2D eigenvalue weighted by Gasteiger charge is -2.34. The number of hydrogen-bond donors (Lipinski definition) is 0. The Morgan fingerprint density at radius 3 is 2.30 bits per heavy atom. The molecule has 1 saturated heterocycles. The maximum absolute atomic E-state index is 12.7. The molecule has 122 valence electrons. The number of sulfonamides is 1. The average molecular weight is 334 g/mol. The van der Waals surface area contributed by atoms with Gasteiger partial charge in [-0.2, -0.15) is 4.31 Å². The summed E-state index contributed by atoms with van der Waals surface area (Å²) in [6.45, 7) is 2.07. The molecule has 3 rings (SSSR count). The van der Waals surface area contributed by atoms with Crippen LogP contribution in [0.5, 0.6) is 5.75 Å². The first kappa shape index (κ1) is 15.7. The van der Waals surface area contributed by atoms with Crippen molar-refractivity contribution in [2.75, 3.05) is 38.2 Å². The molecule has 1 aromatic heterocycles. The van der Waals surface area contributed by atoms with E-state index in [0.717, 1.165) is 5.82 Å². The Morgan fingerprint density at radius 2 is 1.74 bits per heavy atom. The molecule has 0 saturated carbocycles. The topological polar surface area (TPSA) is 75.6 Å². The Bertz CT molecular complexity index is 742. The Morgan fingerprint density at radius 1 is 1.04 bits per heavy atom. The minimum absolute atomic E-state index is 0.286. The lowest BCUT2D eigenvalue weighted by molar-refractivity contribution is 0.383. The summed E-state index contributed by atoms with van der Waals surface area (Å²) in [6, 6.07) is 8.29. The molecule has 23 heavy (non-hydrogen) atoms. The number of rotatable bonds is 4. The van der Waals surface area contributed by atoms with Gasteiger partial charge < -0.3 is 9.64 Å². The third kappa shape index (κ3) is 3.27. The summed E-state index contributed by atoms with van der Waals surface area (Å²) in [4.78, 5) is 10.4. The van der Waals surface area contributed by atoms with E-state index in [1.165, 1.54) is 10.6 Å². The second-order valence-corrected chi connectivity index (χ2v) is 7.07. The molecule has 2 heterocycles. The van der Waals surface area contributed by atoms with Crippen molar-refractivity contribution in [1.29, 1.82) is 0 Å². The van der Waals surface area contributed by atoms with Crippen molar-refractivity contribution in [3.05, 3.63) is 42.9 Å². The molecule has 0 N–H and O–H groups in total. The fourth-order valence-electron chi connectivity index (χ4n) is 2.53. The average Bonchev–Trinajstić information content (AvgIpc) is 2.62. The predicted molar refractivity (Wildman–Crippen MR) is 86.0 cm³/mol. The van der Waals surface area contributed by atoms with Gasteiger partial charge >= 0.3 is 0 Å². The highest BCUT2D eigenvalue weighted by molar-refractivity contribution is 7.89. The van der Waals surface area contributed by atoms with E-state index in [2.05, 4.69) is 14.9 Å². The zero-order valence-electron chi connectivity index (χ0n) is 12.8. The third-order valence-corrected chi connectivity index (χ3v) is 5.74.